The molecular formula is C13H17N3O2. The molecule has 5 nitrogen and oxygen atoms in total. The highest BCUT2D eigenvalue weighted by Gasteiger charge is 2.05. The van der Waals surface area contributed by atoms with E-state index in [0.717, 1.165) is 5.69 Å². The molecule has 0 aliphatic rings. The minimum Gasteiger partial charge on any atom is -0.464 e. The van der Waals surface area contributed by atoms with Gasteiger partial charge in [-0.2, -0.15) is 5.26 Å². The number of ether oxygens (including phenoxy) is 1. The molecule has 1 N–H and O–H groups in total. The van der Waals surface area contributed by atoms with Crippen LogP contribution in [-0.4, -0.2) is 30.7 Å². The Morgan fingerprint density at radius 1 is 1.39 bits per heavy atom. The van der Waals surface area contributed by atoms with Crippen molar-refractivity contribution in [3.8, 4) is 6.07 Å². The van der Waals surface area contributed by atoms with Crippen molar-refractivity contribution < 1.29 is 9.53 Å². The van der Waals surface area contributed by atoms with E-state index in [-0.39, 0.29) is 5.97 Å². The summed E-state index contributed by atoms with van der Waals surface area (Å²) >= 11 is 0. The molecule has 1 rings (SSSR count). The molecule has 0 heterocycles. The summed E-state index contributed by atoms with van der Waals surface area (Å²) in [4.78, 5) is 10.7. The van der Waals surface area contributed by atoms with Crippen molar-refractivity contribution in [3.05, 3.63) is 30.3 Å². The average molecular weight is 247 g/mol. The normalized spacial score (nSPS) is 9.83. The number of nitrogens with zero attached hydrogens (tertiary/aromatic N) is 2. The second-order valence-electron chi connectivity index (χ2n) is 3.71. The molecular weight excluding hydrogens is 230 g/mol. The first-order valence-corrected chi connectivity index (χ1v) is 5.79. The van der Waals surface area contributed by atoms with Crippen LogP contribution in [0, 0.1) is 11.3 Å². The highest BCUT2D eigenvalue weighted by atomic mass is 16.5. The van der Waals surface area contributed by atoms with Crippen LogP contribution in [0.1, 0.15) is 13.3 Å². The van der Waals surface area contributed by atoms with E-state index in [9.17, 15) is 4.79 Å². The van der Waals surface area contributed by atoms with Crippen molar-refractivity contribution >= 4 is 11.7 Å². The molecule has 0 amide bonds. The molecule has 0 unspecified atom stereocenters. The summed E-state index contributed by atoms with van der Waals surface area (Å²) in [6.45, 7) is 2.80. The van der Waals surface area contributed by atoms with Gasteiger partial charge in [-0.15, -0.1) is 0 Å². The maximum atomic E-state index is 10.7. The van der Waals surface area contributed by atoms with Crippen molar-refractivity contribution in [1.29, 1.82) is 5.26 Å². The summed E-state index contributed by atoms with van der Waals surface area (Å²) in [6.07, 6.45) is 0.417. The van der Waals surface area contributed by atoms with Gasteiger partial charge in [-0.1, -0.05) is 18.2 Å². The third-order valence-corrected chi connectivity index (χ3v) is 2.22. The topological polar surface area (TPSA) is 65.4 Å². The molecule has 96 valence electrons. The maximum absolute atomic E-state index is 10.7. The molecule has 0 aromatic heterocycles. The molecule has 0 aliphatic carbocycles. The number of hydrogen-bond donors (Lipinski definition) is 1. The molecule has 18 heavy (non-hydrogen) atoms. The number of carbonyl (C=O) groups is 1. The fourth-order valence-electron chi connectivity index (χ4n) is 1.40. The quantitative estimate of drug-likeness (QED) is 0.588. The molecule has 0 saturated carbocycles. The van der Waals surface area contributed by atoms with Crippen molar-refractivity contribution in [2.24, 2.45) is 0 Å². The van der Waals surface area contributed by atoms with Gasteiger partial charge in [0.15, 0.2) is 0 Å². The van der Waals surface area contributed by atoms with Gasteiger partial charge in [-0.25, -0.2) is 5.01 Å². The number of nitriles is 1. The van der Waals surface area contributed by atoms with Crippen LogP contribution in [0.3, 0.4) is 0 Å². The zero-order valence-electron chi connectivity index (χ0n) is 10.4. The lowest BCUT2D eigenvalue weighted by Gasteiger charge is -2.23. The number of anilines is 1. The molecule has 0 spiro atoms. The minimum atomic E-state index is -0.296. The fraction of sp³-hybridized carbons (Fsp3) is 0.385. The van der Waals surface area contributed by atoms with Crippen molar-refractivity contribution in [2.75, 3.05) is 25.1 Å². The van der Waals surface area contributed by atoms with Gasteiger partial charge < -0.3 is 10.2 Å². The Hall–Kier alpha value is -2.06. The van der Waals surface area contributed by atoms with Gasteiger partial charge in [-0.05, 0) is 12.1 Å². The molecule has 0 fully saturated rings. The fourth-order valence-corrected chi connectivity index (χ4v) is 1.40. The van der Waals surface area contributed by atoms with Crippen LogP contribution in [0.15, 0.2) is 30.3 Å². The van der Waals surface area contributed by atoms with Crippen LogP contribution >= 0.6 is 0 Å². The number of hydrogen-bond acceptors (Lipinski definition) is 5. The van der Waals surface area contributed by atoms with Gasteiger partial charge >= 0.3 is 5.97 Å². The van der Waals surface area contributed by atoms with Crippen LogP contribution in [0.25, 0.3) is 0 Å². The van der Waals surface area contributed by atoms with E-state index in [1.54, 1.807) is 0 Å². The number of esters is 1. The molecule has 1 aromatic rings. The Morgan fingerprint density at radius 2 is 2.11 bits per heavy atom. The van der Waals surface area contributed by atoms with E-state index in [2.05, 4.69) is 11.5 Å². The lowest BCUT2D eigenvalue weighted by molar-refractivity contribution is -0.141. The van der Waals surface area contributed by atoms with E-state index in [1.807, 2.05) is 35.3 Å². The Kier molecular flexibility index (Phi) is 6.30. The van der Waals surface area contributed by atoms with E-state index < -0.39 is 0 Å². The summed E-state index contributed by atoms with van der Waals surface area (Å²) in [5.41, 5.74) is 4.12. The number of carbonyl (C=O) groups excluding carboxylic acids is 1. The molecule has 1 aromatic carbocycles. The van der Waals surface area contributed by atoms with Gasteiger partial charge in [0.25, 0.3) is 0 Å². The number of rotatable bonds is 7. The summed E-state index contributed by atoms with van der Waals surface area (Å²) in [7, 11) is 0. The van der Waals surface area contributed by atoms with Gasteiger partial charge in [0, 0.05) is 25.6 Å². The number of benzene rings is 1. The SMILES string of the molecule is CC(=O)OCCN(CCC#N)Nc1ccccc1. The highest BCUT2D eigenvalue weighted by molar-refractivity contribution is 5.65. The predicted octanol–water partition coefficient (Wildman–Crippen LogP) is 1.79. The second kappa shape index (κ2) is 8.09. The number of nitrogens with one attached hydrogen (secondary N) is 1. The van der Waals surface area contributed by atoms with Gasteiger partial charge in [0.05, 0.1) is 12.6 Å². The van der Waals surface area contributed by atoms with Gasteiger partial charge in [0.2, 0.25) is 0 Å². The van der Waals surface area contributed by atoms with Crippen LogP contribution in [0.2, 0.25) is 0 Å². The Labute approximate surface area is 107 Å². The van der Waals surface area contributed by atoms with Crippen LogP contribution in [0.4, 0.5) is 5.69 Å². The lowest BCUT2D eigenvalue weighted by atomic mass is 10.3. The van der Waals surface area contributed by atoms with E-state index in [0.29, 0.717) is 26.1 Å². The van der Waals surface area contributed by atoms with Crippen LogP contribution < -0.4 is 5.43 Å². The van der Waals surface area contributed by atoms with Crippen LogP contribution in [-0.2, 0) is 9.53 Å². The zero-order chi connectivity index (χ0) is 13.2. The van der Waals surface area contributed by atoms with Gasteiger partial charge in [0.1, 0.15) is 6.61 Å². The summed E-state index contributed by atoms with van der Waals surface area (Å²) in [5.74, 6) is -0.296. The molecule has 5 heteroatoms. The largest absolute Gasteiger partial charge is 0.464 e. The van der Waals surface area contributed by atoms with Crippen molar-refractivity contribution in [1.82, 2.24) is 5.01 Å². The Morgan fingerprint density at radius 3 is 2.72 bits per heavy atom. The molecule has 0 bridgehead atoms. The van der Waals surface area contributed by atoms with Crippen LogP contribution in [0.5, 0.6) is 0 Å². The third-order valence-electron chi connectivity index (χ3n) is 2.22. The van der Waals surface area contributed by atoms with Crippen molar-refractivity contribution in [3.63, 3.8) is 0 Å². The molecule has 0 aliphatic heterocycles. The first-order valence-electron chi connectivity index (χ1n) is 5.79. The maximum Gasteiger partial charge on any atom is 0.302 e. The third kappa shape index (κ3) is 5.87. The van der Waals surface area contributed by atoms with Gasteiger partial charge in [-0.3, -0.25) is 4.79 Å². The summed E-state index contributed by atoms with van der Waals surface area (Å²) in [5, 5.41) is 10.5. The average Bonchev–Trinajstić information content (AvgIpc) is 2.36. The first-order chi connectivity index (χ1) is 8.72. The minimum absolute atomic E-state index is 0.296. The smallest absolute Gasteiger partial charge is 0.302 e. The Bertz CT molecular complexity index is 400. The molecule has 0 atom stereocenters. The number of hydrazine groups is 1. The standard InChI is InChI=1S/C13H17N3O2/c1-12(17)18-11-10-16(9-5-8-14)15-13-6-3-2-4-7-13/h2-4,6-7,15H,5,9-11H2,1H3. The predicted molar refractivity (Wildman–Crippen MR) is 68.5 cm³/mol. The van der Waals surface area contributed by atoms with E-state index in [1.165, 1.54) is 6.92 Å². The number of para-hydroxylation sites is 1. The highest BCUT2D eigenvalue weighted by Crippen LogP contribution is 2.06. The molecule has 0 radical (unpaired) electrons. The zero-order valence-corrected chi connectivity index (χ0v) is 10.4. The Balaban J connectivity index is 2.45. The monoisotopic (exact) mass is 247 g/mol. The van der Waals surface area contributed by atoms with Crippen molar-refractivity contribution in [2.45, 2.75) is 13.3 Å². The molecule has 0 saturated heterocycles. The second-order valence-corrected chi connectivity index (χ2v) is 3.71. The summed E-state index contributed by atoms with van der Waals surface area (Å²) < 4.78 is 4.89. The van der Waals surface area contributed by atoms with E-state index >= 15 is 0 Å². The summed E-state index contributed by atoms with van der Waals surface area (Å²) in [6, 6.07) is 11.8. The van der Waals surface area contributed by atoms with E-state index in [4.69, 9.17) is 10.00 Å². The first kappa shape index (κ1) is 14.0. The lowest BCUT2D eigenvalue weighted by Crippen LogP contribution is -2.34.